The maximum Gasteiger partial charge on any atom is 0.337 e. The predicted octanol–water partition coefficient (Wildman–Crippen LogP) is 3.59. The average Bonchev–Trinajstić information content (AvgIpc) is 2.66. The second kappa shape index (κ2) is 7.74. The lowest BCUT2D eigenvalue weighted by Gasteiger charge is -2.31. The molecule has 0 amide bonds. The van der Waals surface area contributed by atoms with Gasteiger partial charge in [-0.3, -0.25) is 0 Å². The number of methoxy groups -OCH3 is 2. The first-order valence-electron chi connectivity index (χ1n) is 8.54. The van der Waals surface area contributed by atoms with Crippen molar-refractivity contribution in [2.45, 2.75) is 25.8 Å². The van der Waals surface area contributed by atoms with E-state index in [-0.39, 0.29) is 12.0 Å². The molecule has 26 heavy (non-hydrogen) atoms. The van der Waals surface area contributed by atoms with E-state index in [1.165, 1.54) is 7.11 Å². The number of hydrogen-bond donors (Lipinski definition) is 2. The van der Waals surface area contributed by atoms with Crippen molar-refractivity contribution in [3.63, 3.8) is 0 Å². The van der Waals surface area contributed by atoms with Gasteiger partial charge in [0.15, 0.2) is 5.11 Å². The summed E-state index contributed by atoms with van der Waals surface area (Å²) in [5, 5.41) is 8.98. The maximum atomic E-state index is 12.5. The fraction of sp³-hybridized carbons (Fsp3) is 0.300. The van der Waals surface area contributed by atoms with Gasteiger partial charge in [-0.05, 0) is 53.2 Å². The van der Waals surface area contributed by atoms with Gasteiger partial charge in [-0.1, -0.05) is 31.5 Å². The number of fused-ring (bicyclic) bond motifs is 1. The van der Waals surface area contributed by atoms with Crippen LogP contribution in [0.1, 0.15) is 31.4 Å². The highest BCUT2D eigenvalue weighted by atomic mass is 32.1. The van der Waals surface area contributed by atoms with Gasteiger partial charge in [0.1, 0.15) is 5.75 Å². The molecule has 0 aromatic heterocycles. The number of hydrogen-bond acceptors (Lipinski definition) is 4. The SMILES string of the molecule is CCCC1=C(C(=O)OC)[C@H](c2ccc3cc(OC)ccc3c2)NC(=S)N1. The molecule has 1 heterocycles. The monoisotopic (exact) mass is 370 g/mol. The quantitative estimate of drug-likeness (QED) is 0.620. The Morgan fingerprint density at radius 3 is 2.58 bits per heavy atom. The lowest BCUT2D eigenvalue weighted by Crippen LogP contribution is -2.45. The number of carbonyl (C=O) groups excluding carboxylic acids is 1. The van der Waals surface area contributed by atoms with Crippen LogP contribution in [0.5, 0.6) is 5.75 Å². The zero-order valence-electron chi connectivity index (χ0n) is 15.1. The molecule has 0 unspecified atom stereocenters. The van der Waals surface area contributed by atoms with Crippen molar-refractivity contribution in [1.82, 2.24) is 10.6 Å². The number of carbonyl (C=O) groups is 1. The van der Waals surface area contributed by atoms with Crippen molar-refractivity contribution < 1.29 is 14.3 Å². The highest BCUT2D eigenvalue weighted by Crippen LogP contribution is 2.32. The van der Waals surface area contributed by atoms with Crippen LogP contribution in [0, 0.1) is 0 Å². The van der Waals surface area contributed by atoms with E-state index in [1.54, 1.807) is 7.11 Å². The Morgan fingerprint density at radius 2 is 1.88 bits per heavy atom. The Labute approximate surface area is 158 Å². The number of esters is 1. The van der Waals surface area contributed by atoms with Gasteiger partial charge in [-0.15, -0.1) is 0 Å². The van der Waals surface area contributed by atoms with E-state index < -0.39 is 0 Å². The molecule has 3 rings (SSSR count). The van der Waals surface area contributed by atoms with Gasteiger partial charge in [-0.25, -0.2) is 4.79 Å². The molecule has 2 aromatic rings. The van der Waals surface area contributed by atoms with Crippen molar-refractivity contribution >= 4 is 34.1 Å². The highest BCUT2D eigenvalue weighted by Gasteiger charge is 2.31. The molecular formula is C20H22N2O3S. The van der Waals surface area contributed by atoms with Gasteiger partial charge in [-0.2, -0.15) is 0 Å². The fourth-order valence-electron chi connectivity index (χ4n) is 3.21. The lowest BCUT2D eigenvalue weighted by atomic mass is 9.92. The summed E-state index contributed by atoms with van der Waals surface area (Å²) < 4.78 is 10.3. The summed E-state index contributed by atoms with van der Waals surface area (Å²) in [6.45, 7) is 2.06. The molecule has 0 bridgehead atoms. The van der Waals surface area contributed by atoms with Gasteiger partial charge in [0, 0.05) is 5.70 Å². The molecule has 0 fully saturated rings. The number of ether oxygens (including phenoxy) is 2. The van der Waals surface area contributed by atoms with Gasteiger partial charge in [0.25, 0.3) is 0 Å². The molecule has 1 atom stereocenters. The highest BCUT2D eigenvalue weighted by molar-refractivity contribution is 7.80. The van der Waals surface area contributed by atoms with Crippen LogP contribution in [0.25, 0.3) is 10.8 Å². The Morgan fingerprint density at radius 1 is 1.15 bits per heavy atom. The summed E-state index contributed by atoms with van der Waals surface area (Å²) in [5.74, 6) is 0.461. The summed E-state index contributed by atoms with van der Waals surface area (Å²) in [6.07, 6.45) is 1.63. The Hall–Kier alpha value is -2.60. The van der Waals surface area contributed by atoms with Crippen LogP contribution in [0.2, 0.25) is 0 Å². The van der Waals surface area contributed by atoms with E-state index >= 15 is 0 Å². The molecule has 0 radical (unpaired) electrons. The fourth-order valence-corrected chi connectivity index (χ4v) is 3.46. The minimum absolute atomic E-state index is 0.343. The number of benzene rings is 2. The summed E-state index contributed by atoms with van der Waals surface area (Å²) in [5.41, 5.74) is 2.36. The smallest absolute Gasteiger partial charge is 0.337 e. The first-order valence-corrected chi connectivity index (χ1v) is 8.94. The zero-order chi connectivity index (χ0) is 18.7. The standard InChI is InChI=1S/C20H22N2O3S/c1-4-5-16-17(19(23)25-3)18(22-20(26)21-16)14-7-6-13-11-15(24-2)9-8-12(13)10-14/h6-11,18H,4-5H2,1-3H3,(H2,21,22,26)/t18-/m0/s1. The summed E-state index contributed by atoms with van der Waals surface area (Å²) >= 11 is 5.35. The van der Waals surface area contributed by atoms with E-state index in [4.69, 9.17) is 21.7 Å². The van der Waals surface area contributed by atoms with Crippen LogP contribution in [-0.4, -0.2) is 25.3 Å². The topological polar surface area (TPSA) is 59.6 Å². The van der Waals surface area contributed by atoms with Gasteiger partial charge < -0.3 is 20.1 Å². The molecule has 0 saturated carbocycles. The van der Waals surface area contributed by atoms with Crippen molar-refractivity contribution in [1.29, 1.82) is 0 Å². The van der Waals surface area contributed by atoms with Crippen LogP contribution in [0.3, 0.4) is 0 Å². The molecular weight excluding hydrogens is 348 g/mol. The van der Waals surface area contributed by atoms with Gasteiger partial charge in [0.05, 0.1) is 25.8 Å². The third-order valence-electron chi connectivity index (χ3n) is 4.46. The van der Waals surface area contributed by atoms with Crippen molar-refractivity contribution in [3.8, 4) is 5.75 Å². The van der Waals surface area contributed by atoms with E-state index in [2.05, 4.69) is 23.6 Å². The number of nitrogens with one attached hydrogen (secondary N) is 2. The maximum absolute atomic E-state index is 12.5. The second-order valence-electron chi connectivity index (χ2n) is 6.14. The third-order valence-corrected chi connectivity index (χ3v) is 4.68. The second-order valence-corrected chi connectivity index (χ2v) is 6.55. The molecule has 6 heteroatoms. The molecule has 0 spiro atoms. The lowest BCUT2D eigenvalue weighted by molar-refractivity contribution is -0.136. The molecule has 0 aliphatic carbocycles. The zero-order valence-corrected chi connectivity index (χ0v) is 15.9. The number of allylic oxidation sites excluding steroid dienone is 1. The molecule has 1 aliphatic rings. The van der Waals surface area contributed by atoms with Crippen molar-refractivity contribution in [2.24, 2.45) is 0 Å². The third kappa shape index (κ3) is 3.51. The molecule has 136 valence electrons. The van der Waals surface area contributed by atoms with E-state index in [1.807, 2.05) is 30.3 Å². The first-order chi connectivity index (χ1) is 12.6. The van der Waals surface area contributed by atoms with Crippen LogP contribution in [-0.2, 0) is 9.53 Å². The minimum atomic E-state index is -0.351. The number of rotatable bonds is 5. The molecule has 2 aromatic carbocycles. The van der Waals surface area contributed by atoms with Gasteiger partial charge in [0.2, 0.25) is 0 Å². The molecule has 0 saturated heterocycles. The first kappa shape index (κ1) is 18.2. The van der Waals surface area contributed by atoms with Crippen molar-refractivity contribution in [3.05, 3.63) is 53.2 Å². The molecule has 2 N–H and O–H groups in total. The Kier molecular flexibility index (Phi) is 5.42. The van der Waals surface area contributed by atoms with E-state index in [9.17, 15) is 4.79 Å². The Balaban J connectivity index is 2.09. The van der Waals surface area contributed by atoms with Crippen LogP contribution in [0.4, 0.5) is 0 Å². The molecule has 5 nitrogen and oxygen atoms in total. The van der Waals surface area contributed by atoms with Crippen LogP contribution >= 0.6 is 12.2 Å². The molecule has 1 aliphatic heterocycles. The predicted molar refractivity (Wildman–Crippen MR) is 106 cm³/mol. The minimum Gasteiger partial charge on any atom is -0.497 e. The Bertz CT molecular complexity index is 892. The van der Waals surface area contributed by atoms with Gasteiger partial charge >= 0.3 is 5.97 Å². The van der Waals surface area contributed by atoms with Crippen molar-refractivity contribution in [2.75, 3.05) is 14.2 Å². The summed E-state index contributed by atoms with van der Waals surface area (Å²) in [4.78, 5) is 12.5. The van der Waals surface area contributed by atoms with E-state index in [0.717, 1.165) is 40.6 Å². The van der Waals surface area contributed by atoms with Crippen LogP contribution in [0.15, 0.2) is 47.7 Å². The largest absolute Gasteiger partial charge is 0.497 e. The summed E-state index contributed by atoms with van der Waals surface area (Å²) in [6, 6.07) is 11.7. The summed E-state index contributed by atoms with van der Waals surface area (Å²) in [7, 11) is 3.05. The van der Waals surface area contributed by atoms with Crippen LogP contribution < -0.4 is 15.4 Å². The van der Waals surface area contributed by atoms with E-state index in [0.29, 0.717) is 10.7 Å². The average molecular weight is 370 g/mol. The number of thiocarbonyl (C=S) groups is 1. The normalized spacial score (nSPS) is 16.9.